The van der Waals surface area contributed by atoms with Crippen molar-refractivity contribution in [2.45, 2.75) is 57.8 Å². The molecule has 1 aliphatic heterocycles. The van der Waals surface area contributed by atoms with E-state index in [0.717, 1.165) is 57.2 Å². The molecule has 2 aliphatic rings. The zero-order chi connectivity index (χ0) is 19.1. The molecule has 1 aromatic rings. The van der Waals surface area contributed by atoms with Gasteiger partial charge < -0.3 is 10.2 Å². The summed E-state index contributed by atoms with van der Waals surface area (Å²) in [7, 11) is 0. The molecule has 0 radical (unpaired) electrons. The predicted octanol–water partition coefficient (Wildman–Crippen LogP) is 3.69. The van der Waals surface area contributed by atoms with Crippen LogP contribution in [0.4, 0.5) is 4.39 Å². The first-order chi connectivity index (χ1) is 13.1. The lowest BCUT2D eigenvalue weighted by Crippen LogP contribution is -2.40. The van der Waals surface area contributed by atoms with Gasteiger partial charge in [-0.1, -0.05) is 25.0 Å². The van der Waals surface area contributed by atoms with Crippen LogP contribution in [0.3, 0.4) is 0 Å². The number of hydrogen-bond donors (Lipinski definition) is 1. The quantitative estimate of drug-likeness (QED) is 0.854. The Morgan fingerprint density at radius 3 is 2.15 bits per heavy atom. The number of hydrogen-bond acceptors (Lipinski definition) is 2. The Balaban J connectivity index is 1.38. The van der Waals surface area contributed by atoms with Crippen LogP contribution in [-0.2, 0) is 16.0 Å². The van der Waals surface area contributed by atoms with Crippen LogP contribution in [-0.4, -0.2) is 36.3 Å². The largest absolute Gasteiger partial charge is 0.356 e. The summed E-state index contributed by atoms with van der Waals surface area (Å²) >= 11 is 0. The molecular weight excluding hydrogens is 343 g/mol. The summed E-state index contributed by atoms with van der Waals surface area (Å²) < 4.78 is 12.9. The molecule has 0 bridgehead atoms. The molecule has 1 aromatic carbocycles. The zero-order valence-electron chi connectivity index (χ0n) is 16.1. The SMILES string of the molecule is O=C(NCCc1ccc(F)cc1)C1CCC(C(=O)N2CCCCCC2)CC1. The minimum Gasteiger partial charge on any atom is -0.356 e. The molecular formula is C22H31FN2O2. The molecule has 0 spiro atoms. The molecule has 148 valence electrons. The van der Waals surface area contributed by atoms with E-state index in [4.69, 9.17) is 0 Å². The van der Waals surface area contributed by atoms with Crippen molar-refractivity contribution in [2.24, 2.45) is 11.8 Å². The second-order valence-electron chi connectivity index (χ2n) is 7.96. The maximum absolute atomic E-state index is 12.9. The molecule has 5 heteroatoms. The number of rotatable bonds is 5. The van der Waals surface area contributed by atoms with E-state index in [-0.39, 0.29) is 23.6 Å². The average molecular weight is 375 g/mol. The molecule has 0 aromatic heterocycles. The summed E-state index contributed by atoms with van der Waals surface area (Å²) in [5.74, 6) is 0.289. The lowest BCUT2D eigenvalue weighted by atomic mass is 9.81. The Morgan fingerprint density at radius 1 is 0.926 bits per heavy atom. The third kappa shape index (κ3) is 5.78. The maximum atomic E-state index is 12.9. The van der Waals surface area contributed by atoms with E-state index >= 15 is 0 Å². The molecule has 0 unspecified atom stereocenters. The number of carbonyl (C=O) groups is 2. The van der Waals surface area contributed by atoms with Gasteiger partial charge in [0.05, 0.1) is 0 Å². The first-order valence-corrected chi connectivity index (χ1v) is 10.4. The molecule has 0 atom stereocenters. The highest BCUT2D eigenvalue weighted by atomic mass is 19.1. The van der Waals surface area contributed by atoms with Gasteiger partial charge >= 0.3 is 0 Å². The molecule has 1 aliphatic carbocycles. The van der Waals surface area contributed by atoms with Crippen LogP contribution in [0, 0.1) is 17.7 Å². The van der Waals surface area contributed by atoms with Gasteiger partial charge in [-0.15, -0.1) is 0 Å². The highest BCUT2D eigenvalue weighted by molar-refractivity contribution is 5.81. The Morgan fingerprint density at radius 2 is 1.52 bits per heavy atom. The average Bonchev–Trinajstić information content (AvgIpc) is 2.98. The second-order valence-corrected chi connectivity index (χ2v) is 7.96. The lowest BCUT2D eigenvalue weighted by molar-refractivity contribution is -0.138. The van der Waals surface area contributed by atoms with E-state index < -0.39 is 0 Å². The third-order valence-corrected chi connectivity index (χ3v) is 5.99. The van der Waals surface area contributed by atoms with Crippen molar-refractivity contribution in [1.29, 1.82) is 0 Å². The first-order valence-electron chi connectivity index (χ1n) is 10.4. The van der Waals surface area contributed by atoms with Gasteiger partial charge in [0.25, 0.3) is 0 Å². The van der Waals surface area contributed by atoms with Crippen molar-refractivity contribution >= 4 is 11.8 Å². The Bertz CT molecular complexity index is 616. The summed E-state index contributed by atoms with van der Waals surface area (Å²) in [6.45, 7) is 2.38. The van der Waals surface area contributed by atoms with Gasteiger partial charge in [0.1, 0.15) is 5.82 Å². The van der Waals surface area contributed by atoms with E-state index in [9.17, 15) is 14.0 Å². The third-order valence-electron chi connectivity index (χ3n) is 5.99. The molecule has 3 rings (SSSR count). The maximum Gasteiger partial charge on any atom is 0.225 e. The monoisotopic (exact) mass is 374 g/mol. The van der Waals surface area contributed by atoms with Gasteiger partial charge in [-0.3, -0.25) is 9.59 Å². The van der Waals surface area contributed by atoms with Crippen molar-refractivity contribution in [3.63, 3.8) is 0 Å². The van der Waals surface area contributed by atoms with Gasteiger partial charge in [-0.25, -0.2) is 4.39 Å². The number of benzene rings is 1. The normalized spacial score (nSPS) is 23.5. The Kier molecular flexibility index (Phi) is 7.25. The summed E-state index contributed by atoms with van der Waals surface area (Å²) in [6, 6.07) is 6.39. The minimum absolute atomic E-state index is 0.0198. The number of halogens is 1. The van der Waals surface area contributed by atoms with Crippen LogP contribution in [0.5, 0.6) is 0 Å². The summed E-state index contributed by atoms with van der Waals surface area (Å²) in [4.78, 5) is 27.2. The molecule has 2 amide bonds. The second kappa shape index (κ2) is 9.86. The summed E-state index contributed by atoms with van der Waals surface area (Å²) in [5, 5.41) is 3.00. The van der Waals surface area contributed by atoms with Gasteiger partial charge in [0, 0.05) is 31.5 Å². The van der Waals surface area contributed by atoms with Crippen molar-refractivity contribution in [2.75, 3.05) is 19.6 Å². The molecule has 2 fully saturated rings. The predicted molar refractivity (Wildman–Crippen MR) is 104 cm³/mol. The van der Waals surface area contributed by atoms with Gasteiger partial charge in [-0.05, 0) is 62.6 Å². The van der Waals surface area contributed by atoms with Gasteiger partial charge in [0.15, 0.2) is 0 Å². The van der Waals surface area contributed by atoms with Crippen LogP contribution in [0.1, 0.15) is 56.9 Å². The van der Waals surface area contributed by atoms with Crippen LogP contribution >= 0.6 is 0 Å². The summed E-state index contributed by atoms with van der Waals surface area (Å²) in [6.07, 6.45) is 8.66. The number of carbonyl (C=O) groups excluding carboxylic acids is 2. The molecule has 1 heterocycles. The Labute approximate surface area is 161 Å². The number of nitrogens with one attached hydrogen (secondary N) is 1. The topological polar surface area (TPSA) is 49.4 Å². The minimum atomic E-state index is -0.241. The zero-order valence-corrected chi connectivity index (χ0v) is 16.1. The Hall–Kier alpha value is -1.91. The number of likely N-dealkylation sites (tertiary alicyclic amines) is 1. The van der Waals surface area contributed by atoms with Crippen molar-refractivity contribution in [3.8, 4) is 0 Å². The number of amides is 2. The van der Waals surface area contributed by atoms with E-state index in [1.165, 1.54) is 25.0 Å². The van der Waals surface area contributed by atoms with Gasteiger partial charge in [0.2, 0.25) is 11.8 Å². The first kappa shape index (κ1) is 19.8. The van der Waals surface area contributed by atoms with E-state index in [2.05, 4.69) is 10.2 Å². The fraction of sp³-hybridized carbons (Fsp3) is 0.636. The summed E-state index contributed by atoms with van der Waals surface area (Å²) in [5.41, 5.74) is 1.02. The molecule has 1 saturated heterocycles. The fourth-order valence-corrected chi connectivity index (χ4v) is 4.28. The van der Waals surface area contributed by atoms with Crippen LogP contribution < -0.4 is 5.32 Å². The van der Waals surface area contributed by atoms with Crippen LogP contribution in [0.25, 0.3) is 0 Å². The van der Waals surface area contributed by atoms with E-state index in [1.54, 1.807) is 12.1 Å². The molecule has 4 nitrogen and oxygen atoms in total. The number of nitrogens with zero attached hydrogens (tertiary/aromatic N) is 1. The molecule has 1 N–H and O–H groups in total. The van der Waals surface area contributed by atoms with Crippen molar-refractivity contribution in [1.82, 2.24) is 10.2 Å². The van der Waals surface area contributed by atoms with E-state index in [0.29, 0.717) is 18.9 Å². The van der Waals surface area contributed by atoms with Crippen LogP contribution in [0.2, 0.25) is 0 Å². The molecule has 1 saturated carbocycles. The standard InChI is InChI=1S/C22H31FN2O2/c23-20-11-5-17(6-12-20)13-14-24-21(26)18-7-9-19(10-8-18)22(27)25-15-3-1-2-4-16-25/h5-6,11-12,18-19H,1-4,7-10,13-16H2,(H,24,26). The highest BCUT2D eigenvalue weighted by Gasteiger charge is 2.32. The van der Waals surface area contributed by atoms with E-state index in [1.807, 2.05) is 0 Å². The fourth-order valence-electron chi connectivity index (χ4n) is 4.28. The van der Waals surface area contributed by atoms with Crippen LogP contribution in [0.15, 0.2) is 24.3 Å². The highest BCUT2D eigenvalue weighted by Crippen LogP contribution is 2.30. The van der Waals surface area contributed by atoms with Crippen molar-refractivity contribution in [3.05, 3.63) is 35.6 Å². The van der Waals surface area contributed by atoms with Gasteiger partial charge in [-0.2, -0.15) is 0 Å². The molecule has 27 heavy (non-hydrogen) atoms. The van der Waals surface area contributed by atoms with Crippen molar-refractivity contribution < 1.29 is 14.0 Å². The smallest absolute Gasteiger partial charge is 0.225 e. The lowest BCUT2D eigenvalue weighted by Gasteiger charge is -2.31.